The van der Waals surface area contributed by atoms with Crippen LogP contribution in [0, 0.1) is 33.8 Å². The van der Waals surface area contributed by atoms with Crippen molar-refractivity contribution in [1.29, 1.82) is 0 Å². The van der Waals surface area contributed by atoms with E-state index in [4.69, 9.17) is 4.42 Å². The summed E-state index contributed by atoms with van der Waals surface area (Å²) in [6, 6.07) is 3.74. The van der Waals surface area contributed by atoms with Gasteiger partial charge in [-0.15, -0.1) is 0 Å². The zero-order valence-electron chi connectivity index (χ0n) is 11.5. The van der Waals surface area contributed by atoms with Gasteiger partial charge in [0.1, 0.15) is 10.7 Å². The van der Waals surface area contributed by atoms with Crippen LogP contribution in [0.1, 0.15) is 37.9 Å². The van der Waals surface area contributed by atoms with Crippen LogP contribution in [0.5, 0.6) is 0 Å². The highest BCUT2D eigenvalue weighted by Gasteiger charge is 2.47. The predicted octanol–water partition coefficient (Wildman–Crippen LogP) is 3.10. The van der Waals surface area contributed by atoms with E-state index in [2.05, 4.69) is 5.32 Å². The molecule has 20 heavy (non-hydrogen) atoms. The van der Waals surface area contributed by atoms with Crippen LogP contribution >= 0.6 is 0 Å². The van der Waals surface area contributed by atoms with E-state index in [1.807, 2.05) is 0 Å². The summed E-state index contributed by atoms with van der Waals surface area (Å²) in [7, 11) is 0. The summed E-state index contributed by atoms with van der Waals surface area (Å²) in [5.74, 6) is 4.09. The van der Waals surface area contributed by atoms with Gasteiger partial charge in [-0.1, -0.05) is 0 Å². The van der Waals surface area contributed by atoms with Crippen LogP contribution < -0.4 is 5.32 Å². The molecule has 0 unspecified atom stereocenters. The van der Waals surface area contributed by atoms with E-state index in [1.54, 1.807) is 6.07 Å². The molecule has 1 N–H and O–H groups in total. The van der Waals surface area contributed by atoms with Crippen molar-refractivity contribution in [2.75, 3.05) is 0 Å². The highest BCUT2D eigenvalue weighted by Crippen LogP contribution is 2.53. The van der Waals surface area contributed by atoms with Crippen molar-refractivity contribution in [2.24, 2.45) is 23.7 Å². The fourth-order valence-electron chi connectivity index (χ4n) is 5.04. The Kier molecular flexibility index (Phi) is 2.84. The lowest BCUT2D eigenvalue weighted by molar-refractivity contribution is -0.402. The Labute approximate surface area is 117 Å². The topological polar surface area (TPSA) is 68.3 Å². The van der Waals surface area contributed by atoms with E-state index in [-0.39, 0.29) is 5.88 Å². The monoisotopic (exact) mass is 276 g/mol. The average molecular weight is 276 g/mol. The number of hydrogen-bond donors (Lipinski definition) is 1. The summed E-state index contributed by atoms with van der Waals surface area (Å²) < 4.78 is 5.23. The van der Waals surface area contributed by atoms with Crippen LogP contribution in [-0.4, -0.2) is 11.0 Å². The first kappa shape index (κ1) is 12.4. The Morgan fingerprint density at radius 1 is 1.15 bits per heavy atom. The summed E-state index contributed by atoms with van der Waals surface area (Å²) in [5.41, 5.74) is 0. The summed E-state index contributed by atoms with van der Waals surface area (Å²) in [6.07, 6.45) is 6.97. The standard InChI is InChI=1S/C15H20N2O3/c18-17(19)14-2-1-13(20-14)8-16-15-11-4-9-3-10(6-11)7-12(15)5-9/h1-2,9-12,15-16H,3-8H2. The molecule has 0 aromatic carbocycles. The molecule has 5 heteroatoms. The normalized spacial score (nSPS) is 38.3. The van der Waals surface area contributed by atoms with Gasteiger partial charge in [0.25, 0.3) is 0 Å². The Balaban J connectivity index is 1.40. The van der Waals surface area contributed by atoms with Crippen LogP contribution in [0.4, 0.5) is 5.88 Å². The van der Waals surface area contributed by atoms with Crippen molar-refractivity contribution >= 4 is 5.88 Å². The first-order valence-electron chi connectivity index (χ1n) is 7.65. The third-order valence-corrected chi connectivity index (χ3v) is 5.57. The van der Waals surface area contributed by atoms with E-state index in [9.17, 15) is 10.1 Å². The first-order chi connectivity index (χ1) is 9.69. The van der Waals surface area contributed by atoms with Crippen molar-refractivity contribution in [1.82, 2.24) is 5.32 Å². The second-order valence-electron chi connectivity index (χ2n) is 6.83. The van der Waals surface area contributed by atoms with Crippen LogP contribution in [0.2, 0.25) is 0 Å². The molecular formula is C15H20N2O3. The molecule has 5 rings (SSSR count). The summed E-state index contributed by atoms with van der Waals surface area (Å²) in [5, 5.41) is 14.2. The molecule has 4 aliphatic rings. The van der Waals surface area contributed by atoms with E-state index >= 15 is 0 Å². The van der Waals surface area contributed by atoms with Gasteiger partial charge in [0.2, 0.25) is 0 Å². The van der Waals surface area contributed by atoms with Gasteiger partial charge in [-0.3, -0.25) is 10.1 Å². The van der Waals surface area contributed by atoms with Crippen molar-refractivity contribution in [2.45, 2.75) is 44.7 Å². The zero-order valence-corrected chi connectivity index (χ0v) is 11.5. The third-order valence-electron chi connectivity index (χ3n) is 5.57. The van der Waals surface area contributed by atoms with Gasteiger partial charge in [-0.2, -0.15) is 0 Å². The van der Waals surface area contributed by atoms with Crippen LogP contribution in [-0.2, 0) is 6.54 Å². The largest absolute Gasteiger partial charge is 0.433 e. The maximum atomic E-state index is 10.6. The van der Waals surface area contributed by atoms with Gasteiger partial charge in [-0.25, -0.2) is 0 Å². The second kappa shape index (κ2) is 4.58. The highest BCUT2D eigenvalue weighted by atomic mass is 16.6. The molecule has 4 aliphatic carbocycles. The van der Waals surface area contributed by atoms with E-state index in [0.717, 1.165) is 23.7 Å². The Bertz CT molecular complexity index is 497. The number of nitrogens with zero attached hydrogens (tertiary/aromatic N) is 1. The summed E-state index contributed by atoms with van der Waals surface area (Å²) >= 11 is 0. The third kappa shape index (κ3) is 2.04. The van der Waals surface area contributed by atoms with Crippen molar-refractivity contribution in [3.8, 4) is 0 Å². The lowest BCUT2D eigenvalue weighted by atomic mass is 9.54. The lowest BCUT2D eigenvalue weighted by Gasteiger charge is -2.54. The van der Waals surface area contributed by atoms with Crippen molar-refractivity contribution in [3.05, 3.63) is 28.0 Å². The number of nitro groups is 1. The maximum absolute atomic E-state index is 10.6. The molecule has 0 atom stereocenters. The molecule has 0 aliphatic heterocycles. The molecule has 4 bridgehead atoms. The lowest BCUT2D eigenvalue weighted by Crippen LogP contribution is -2.54. The number of hydrogen-bond acceptors (Lipinski definition) is 4. The molecule has 1 heterocycles. The van der Waals surface area contributed by atoms with E-state index in [1.165, 1.54) is 38.2 Å². The highest BCUT2D eigenvalue weighted by molar-refractivity contribution is 5.17. The molecule has 5 nitrogen and oxygen atoms in total. The first-order valence-corrected chi connectivity index (χ1v) is 7.65. The van der Waals surface area contributed by atoms with Crippen molar-refractivity contribution < 1.29 is 9.34 Å². The van der Waals surface area contributed by atoms with Crippen LogP contribution in [0.25, 0.3) is 0 Å². The number of nitrogens with one attached hydrogen (secondary N) is 1. The average Bonchev–Trinajstić information content (AvgIpc) is 2.86. The molecule has 108 valence electrons. The fourth-order valence-corrected chi connectivity index (χ4v) is 5.04. The maximum Gasteiger partial charge on any atom is 0.433 e. The number of furan rings is 1. The molecule has 0 spiro atoms. The molecular weight excluding hydrogens is 256 g/mol. The Morgan fingerprint density at radius 2 is 1.80 bits per heavy atom. The summed E-state index contributed by atoms with van der Waals surface area (Å²) in [6.45, 7) is 0.612. The van der Waals surface area contributed by atoms with Gasteiger partial charge in [0.15, 0.2) is 0 Å². The van der Waals surface area contributed by atoms with Crippen molar-refractivity contribution in [3.63, 3.8) is 0 Å². The van der Waals surface area contributed by atoms with Crippen LogP contribution in [0.3, 0.4) is 0 Å². The second-order valence-corrected chi connectivity index (χ2v) is 6.83. The number of rotatable bonds is 4. The van der Waals surface area contributed by atoms with Gasteiger partial charge in [-0.05, 0) is 61.8 Å². The van der Waals surface area contributed by atoms with Gasteiger partial charge in [0.05, 0.1) is 12.6 Å². The van der Waals surface area contributed by atoms with Gasteiger partial charge in [0, 0.05) is 6.04 Å². The Morgan fingerprint density at radius 3 is 2.35 bits per heavy atom. The minimum Gasteiger partial charge on any atom is -0.404 e. The smallest absolute Gasteiger partial charge is 0.404 e. The molecule has 0 radical (unpaired) electrons. The molecule has 0 saturated heterocycles. The van der Waals surface area contributed by atoms with Crippen LogP contribution in [0.15, 0.2) is 16.5 Å². The van der Waals surface area contributed by atoms with Gasteiger partial charge >= 0.3 is 5.88 Å². The minimum atomic E-state index is -0.480. The fraction of sp³-hybridized carbons (Fsp3) is 0.733. The molecule has 4 fully saturated rings. The SMILES string of the molecule is O=[N+]([O-])c1ccc(CNC2C3CC4CC(C3)CC2C4)o1. The quantitative estimate of drug-likeness (QED) is 0.677. The van der Waals surface area contributed by atoms with E-state index < -0.39 is 4.92 Å². The van der Waals surface area contributed by atoms with E-state index in [0.29, 0.717) is 18.3 Å². The molecule has 1 aromatic heterocycles. The van der Waals surface area contributed by atoms with Gasteiger partial charge < -0.3 is 9.73 Å². The minimum absolute atomic E-state index is 0.160. The predicted molar refractivity (Wildman–Crippen MR) is 73.0 cm³/mol. The summed E-state index contributed by atoms with van der Waals surface area (Å²) in [4.78, 5) is 10.1. The molecule has 1 aromatic rings. The molecule has 4 saturated carbocycles. The molecule has 0 amide bonds. The zero-order chi connectivity index (χ0) is 13.7. The Hall–Kier alpha value is -1.36.